The van der Waals surface area contributed by atoms with Crippen LogP contribution in [0.4, 0.5) is 0 Å². The fourth-order valence-electron chi connectivity index (χ4n) is 8.88. The lowest BCUT2D eigenvalue weighted by atomic mass is 9.79. The van der Waals surface area contributed by atoms with Crippen LogP contribution in [-0.2, 0) is 21.7 Å². The van der Waals surface area contributed by atoms with E-state index in [-0.39, 0.29) is 45.0 Å². The van der Waals surface area contributed by atoms with E-state index in [1.807, 2.05) is 155 Å². The van der Waals surface area contributed by atoms with Crippen molar-refractivity contribution in [2.75, 3.05) is 0 Å². The van der Waals surface area contributed by atoms with Gasteiger partial charge in [0.25, 0.3) is 0 Å². The lowest BCUT2D eigenvalue weighted by molar-refractivity contribution is 0.446. The number of phenols is 1. The molecule has 0 aliphatic rings. The Kier molecular flexibility index (Phi) is 8.90. The Hall–Kier alpha value is -7.04. The topological polar surface area (TPSA) is 50.9 Å². The van der Waals surface area contributed by atoms with Gasteiger partial charge in [-0.25, -0.2) is 4.98 Å². The van der Waals surface area contributed by atoms with Crippen molar-refractivity contribution in [2.24, 2.45) is 0 Å². The van der Waals surface area contributed by atoms with Crippen LogP contribution in [0.15, 0.2) is 164 Å². The number of nitrogens with zero attached hydrogens (tertiary/aromatic N) is 3. The van der Waals surface area contributed by atoms with Gasteiger partial charge < -0.3 is 5.11 Å². The summed E-state index contributed by atoms with van der Waals surface area (Å²) in [6.45, 7) is 22.4. The summed E-state index contributed by atoms with van der Waals surface area (Å²) >= 11 is 0. The number of hydrogen-bond acceptors (Lipinski definition) is 3. The maximum absolute atomic E-state index is 12.8. The number of pyridine rings is 1. The van der Waals surface area contributed by atoms with Crippen LogP contribution in [-0.4, -0.2) is 19.6 Å². The van der Waals surface area contributed by atoms with Crippen LogP contribution in [0.2, 0.25) is 0 Å². The van der Waals surface area contributed by atoms with Crippen molar-refractivity contribution < 1.29 is 20.2 Å². The minimum Gasteiger partial charge on any atom is -0.507 e. The molecule has 0 saturated heterocycles. The number of hydrogen-bond donors (Lipinski definition) is 1. The minimum absolute atomic E-state index is 0.0292. The van der Waals surface area contributed by atoms with Crippen LogP contribution in [0.25, 0.3) is 83.9 Å². The number of rotatable bonds is 7. The van der Waals surface area contributed by atoms with Crippen LogP contribution in [0.5, 0.6) is 5.75 Å². The van der Waals surface area contributed by atoms with Crippen LogP contribution in [0, 0.1) is 6.85 Å². The Morgan fingerprint density at radius 1 is 0.507 bits per heavy atom. The second-order valence-electron chi connectivity index (χ2n) is 22.2. The number of fused-ring (bicyclic) bond motifs is 1. The molecule has 1 N–H and O–H groups in total. The minimum atomic E-state index is -2.59. The summed E-state index contributed by atoms with van der Waals surface area (Å²) in [5, 5.41) is 12.8. The zero-order valence-electron chi connectivity index (χ0n) is 52.8. The molecule has 2 heterocycles. The van der Waals surface area contributed by atoms with Crippen LogP contribution >= 0.6 is 0 Å². The van der Waals surface area contributed by atoms with E-state index < -0.39 is 60.1 Å². The molecule has 0 bridgehead atoms. The number of aryl methyl sites for hydroxylation is 1. The molecule has 4 heteroatoms. The molecule has 9 aromatic rings. The van der Waals surface area contributed by atoms with Crippen molar-refractivity contribution in [3.05, 3.63) is 192 Å². The van der Waals surface area contributed by atoms with E-state index in [0.29, 0.717) is 61.5 Å². The molecule has 0 aliphatic heterocycles. The fourth-order valence-corrected chi connectivity index (χ4v) is 8.88. The van der Waals surface area contributed by atoms with E-state index in [9.17, 15) is 6.48 Å². The molecule has 2 aromatic heterocycles. The largest absolute Gasteiger partial charge is 0.507 e. The highest BCUT2D eigenvalue weighted by Crippen LogP contribution is 2.47. The molecule has 0 aliphatic carbocycles. The van der Waals surface area contributed by atoms with E-state index >= 15 is 0 Å². The molecule has 0 saturated carbocycles. The number of aromatic hydroxyl groups is 1. The highest BCUT2D eigenvalue weighted by Gasteiger charge is 2.30. The van der Waals surface area contributed by atoms with E-state index in [0.717, 1.165) is 27.8 Å². The van der Waals surface area contributed by atoms with Gasteiger partial charge in [-0.2, -0.15) is 0 Å². The molecule has 0 fully saturated rings. The number of aromatic nitrogens is 3. The zero-order chi connectivity index (χ0) is 58.7. The van der Waals surface area contributed by atoms with Gasteiger partial charge in [0.05, 0.1) is 38.9 Å². The summed E-state index contributed by atoms with van der Waals surface area (Å²) in [5.74, 6) is 0.384. The first-order chi connectivity index (χ1) is 37.1. The third-order valence-corrected chi connectivity index (χ3v) is 13.0. The third kappa shape index (κ3) is 9.30. The molecule has 0 radical (unpaired) electrons. The third-order valence-electron chi connectivity index (χ3n) is 13.0. The number of imidazole rings is 1. The van der Waals surface area contributed by atoms with Gasteiger partial charge in [0.1, 0.15) is 11.6 Å². The molecule has 0 spiro atoms. The highest BCUT2D eigenvalue weighted by atomic mass is 16.3. The summed E-state index contributed by atoms with van der Waals surface area (Å²) in [6, 6.07) is 33.0. The Morgan fingerprint density at radius 3 is 1.81 bits per heavy atom. The van der Waals surface area contributed by atoms with Crippen molar-refractivity contribution in [1.82, 2.24) is 14.5 Å². The van der Waals surface area contributed by atoms with Crippen molar-refractivity contribution in [2.45, 2.75) is 112 Å². The van der Waals surface area contributed by atoms with Gasteiger partial charge in [0.2, 0.25) is 0 Å². The summed E-state index contributed by atoms with van der Waals surface area (Å²) in [4.78, 5) is 10.1. The molecule has 0 unspecified atom stereocenters. The zero-order valence-corrected chi connectivity index (χ0v) is 41.8. The monoisotopic (exact) mass is 917 g/mol. The van der Waals surface area contributed by atoms with E-state index in [1.54, 1.807) is 6.07 Å². The predicted octanol–water partition coefficient (Wildman–Crippen LogP) is 17.6. The van der Waals surface area contributed by atoms with Gasteiger partial charge in [-0.3, -0.25) is 9.55 Å². The quantitative estimate of drug-likeness (QED) is 0.173. The maximum Gasteiger partial charge on any atom is 0.149 e. The standard InChI is InChI=1S/C65H67N3O/c1-41-33-58(53(43-23-18-15-19-24-43)40-52(41)44-27-29-48(30-28-44)62(2,3)4)68-57-26-20-25-51(59(57)67-61(68)54-38-50(64(8,9)10)39-55(60(54)69)65(11,12)13)46-34-47(36-49(35-46)63(5,6)7)56-37-45(31-32-66-56)42-21-16-14-17-22-42/h14-40,69H,1-13H3/i1D3,14D,16D,17D,21D,22D,31D,32D,37D. The Morgan fingerprint density at radius 2 is 1.16 bits per heavy atom. The summed E-state index contributed by atoms with van der Waals surface area (Å²) < 4.78 is 99.6. The summed E-state index contributed by atoms with van der Waals surface area (Å²) in [5.41, 5.74) is 7.90. The van der Waals surface area contributed by atoms with Crippen LogP contribution < -0.4 is 0 Å². The highest BCUT2D eigenvalue weighted by molar-refractivity contribution is 5.98. The molecule has 0 amide bonds. The van der Waals surface area contributed by atoms with Gasteiger partial charge in [-0.15, -0.1) is 0 Å². The number of para-hydroxylation sites is 1. The molecule has 7 aromatic carbocycles. The molecule has 0 atom stereocenters. The van der Waals surface area contributed by atoms with Crippen molar-refractivity contribution in [3.8, 4) is 78.6 Å². The lowest BCUT2D eigenvalue weighted by Gasteiger charge is -2.28. The first-order valence-electron chi connectivity index (χ1n) is 29.1. The molecular formula is C65H67N3O. The second kappa shape index (κ2) is 17.5. The van der Waals surface area contributed by atoms with E-state index in [4.69, 9.17) is 18.7 Å². The maximum atomic E-state index is 12.8. The first kappa shape index (κ1) is 35.1. The van der Waals surface area contributed by atoms with Gasteiger partial charge in [-0.1, -0.05) is 192 Å². The molecular weight excluding hydrogens is 839 g/mol. The molecule has 4 nitrogen and oxygen atoms in total. The molecule has 348 valence electrons. The molecule has 9 rings (SSSR count). The normalized spacial score (nSPS) is 14.9. The second-order valence-corrected chi connectivity index (χ2v) is 22.2. The Balaban J connectivity index is 1.42. The van der Waals surface area contributed by atoms with Crippen LogP contribution in [0.1, 0.15) is 126 Å². The van der Waals surface area contributed by atoms with Gasteiger partial charge in [0, 0.05) is 32.5 Å². The first-order valence-corrected chi connectivity index (χ1v) is 23.6. The Bertz CT molecular complexity index is 3920. The number of phenolic OH excluding ortho intramolecular Hbond substituents is 1. The smallest absolute Gasteiger partial charge is 0.149 e. The fraction of sp³-hybridized carbons (Fsp3) is 0.262. The van der Waals surface area contributed by atoms with Crippen LogP contribution in [0.3, 0.4) is 0 Å². The predicted molar refractivity (Wildman–Crippen MR) is 293 cm³/mol. The van der Waals surface area contributed by atoms with Gasteiger partial charge in [-0.05, 0) is 133 Å². The average Bonchev–Trinajstić information content (AvgIpc) is 3.77. The summed E-state index contributed by atoms with van der Waals surface area (Å²) in [6.07, 6.45) is -0.545. The van der Waals surface area contributed by atoms with Gasteiger partial charge in [0.15, 0.2) is 0 Å². The molecule has 69 heavy (non-hydrogen) atoms. The van der Waals surface area contributed by atoms with Crippen molar-refractivity contribution in [3.63, 3.8) is 0 Å². The van der Waals surface area contributed by atoms with Gasteiger partial charge >= 0.3 is 0 Å². The SMILES string of the molecule is [2H]c1nc(-c2cc(-c3cccc4c3nc(-c3cc(C(C)(C)C)cc(C(C)(C)C)c3O)n4-c3cc(C([2H])([2H])[2H])c(-c4ccc(C(C)(C)C)cc4)cc3-c3ccccc3)cc(C(C)(C)C)c2)c([2H])c(-c2c([2H])c([2H])c([2H])c([2H])c2[2H])c1[2H]. The lowest BCUT2D eigenvalue weighted by Crippen LogP contribution is -2.17. The van der Waals surface area contributed by atoms with E-state index in [2.05, 4.69) is 46.5 Å². The van der Waals surface area contributed by atoms with E-state index in [1.165, 1.54) is 0 Å². The van der Waals surface area contributed by atoms with Crippen molar-refractivity contribution >= 4 is 11.0 Å². The van der Waals surface area contributed by atoms with Crippen molar-refractivity contribution in [1.29, 1.82) is 0 Å². The summed E-state index contributed by atoms with van der Waals surface area (Å²) in [7, 11) is 0. The Labute approximate surface area is 426 Å². The number of benzene rings is 7. The average molecular weight is 917 g/mol.